The molecule has 1 fully saturated rings. The van der Waals surface area contributed by atoms with Crippen molar-refractivity contribution in [3.63, 3.8) is 0 Å². The van der Waals surface area contributed by atoms with Crippen molar-refractivity contribution in [1.29, 1.82) is 0 Å². The molecule has 5 heteroatoms. The van der Waals surface area contributed by atoms with Gasteiger partial charge in [0.1, 0.15) is 11.6 Å². The average molecular weight is 367 g/mol. The van der Waals surface area contributed by atoms with E-state index in [0.29, 0.717) is 18.9 Å². The number of halogens is 1. The molecule has 4 nitrogen and oxygen atoms in total. The molecule has 0 saturated carbocycles. The second kappa shape index (κ2) is 7.61. The van der Waals surface area contributed by atoms with Crippen molar-refractivity contribution in [2.45, 2.75) is 25.2 Å². The maximum atomic E-state index is 14.3. The Hall–Kier alpha value is -2.53. The number of carbonyl (C=O) groups is 2. The van der Waals surface area contributed by atoms with Crippen LogP contribution in [0.3, 0.4) is 0 Å². The second-order valence-electron chi connectivity index (χ2n) is 7.22. The largest absolute Gasteiger partial charge is 0.492 e. The fourth-order valence-corrected chi connectivity index (χ4v) is 3.94. The Bertz CT molecular complexity index is 865. The molecular formula is C22H22FNO3. The van der Waals surface area contributed by atoms with E-state index in [1.54, 1.807) is 0 Å². The zero-order valence-electron chi connectivity index (χ0n) is 15.1. The maximum Gasteiger partial charge on any atom is 0.172 e. The summed E-state index contributed by atoms with van der Waals surface area (Å²) in [6.07, 6.45) is 1.59. The summed E-state index contributed by atoms with van der Waals surface area (Å²) in [7, 11) is 0. The minimum absolute atomic E-state index is 0.0250. The van der Waals surface area contributed by atoms with E-state index in [1.165, 1.54) is 17.7 Å². The van der Waals surface area contributed by atoms with E-state index in [-0.39, 0.29) is 41.5 Å². The van der Waals surface area contributed by atoms with Crippen molar-refractivity contribution in [2.75, 3.05) is 26.2 Å². The minimum atomic E-state index is -0.661. The lowest BCUT2D eigenvalue weighted by Crippen LogP contribution is -2.24. The van der Waals surface area contributed by atoms with Crippen LogP contribution in [-0.2, 0) is 0 Å². The highest BCUT2D eigenvalue weighted by molar-refractivity contribution is 6.02. The third-order valence-electron chi connectivity index (χ3n) is 5.44. The van der Waals surface area contributed by atoms with Gasteiger partial charge in [0.25, 0.3) is 0 Å². The van der Waals surface area contributed by atoms with Gasteiger partial charge in [-0.3, -0.25) is 9.59 Å². The highest BCUT2D eigenvalue weighted by atomic mass is 19.1. The van der Waals surface area contributed by atoms with Crippen LogP contribution in [0.2, 0.25) is 0 Å². The molecular weight excluding hydrogens is 345 g/mol. The predicted octanol–water partition coefficient (Wildman–Crippen LogP) is 3.85. The van der Waals surface area contributed by atoms with E-state index in [9.17, 15) is 14.0 Å². The zero-order chi connectivity index (χ0) is 18.8. The topological polar surface area (TPSA) is 46.6 Å². The number of rotatable bonds is 5. The average Bonchev–Trinajstić information content (AvgIpc) is 3.15. The lowest BCUT2D eigenvalue weighted by molar-refractivity contribution is 0.0921. The van der Waals surface area contributed by atoms with Gasteiger partial charge in [-0.1, -0.05) is 30.3 Å². The van der Waals surface area contributed by atoms with Gasteiger partial charge in [0.15, 0.2) is 11.6 Å². The summed E-state index contributed by atoms with van der Waals surface area (Å²) in [6.45, 7) is 2.79. The normalized spacial score (nSPS) is 19.6. The summed E-state index contributed by atoms with van der Waals surface area (Å²) in [5.41, 5.74) is 1.59. The van der Waals surface area contributed by atoms with Crippen LogP contribution < -0.4 is 4.74 Å². The Balaban J connectivity index is 1.38. The molecule has 1 atom stereocenters. The number of ketones is 2. The van der Waals surface area contributed by atoms with Crippen molar-refractivity contribution in [3.05, 3.63) is 65.0 Å². The third kappa shape index (κ3) is 3.78. The van der Waals surface area contributed by atoms with Gasteiger partial charge >= 0.3 is 0 Å². The molecule has 0 aromatic heterocycles. The number of nitrogens with zero attached hydrogens (tertiary/aromatic N) is 1. The van der Waals surface area contributed by atoms with E-state index in [2.05, 4.69) is 29.2 Å². The molecule has 2 aliphatic rings. The third-order valence-corrected chi connectivity index (χ3v) is 5.44. The second-order valence-corrected chi connectivity index (χ2v) is 7.22. The van der Waals surface area contributed by atoms with Crippen LogP contribution >= 0.6 is 0 Å². The molecule has 2 aromatic carbocycles. The van der Waals surface area contributed by atoms with Gasteiger partial charge in [0.2, 0.25) is 0 Å². The number of Topliss-reactive ketones (excluding diaryl/α,β-unsaturated/α-hetero) is 2. The van der Waals surface area contributed by atoms with E-state index in [4.69, 9.17) is 4.74 Å². The zero-order valence-corrected chi connectivity index (χ0v) is 15.1. The summed E-state index contributed by atoms with van der Waals surface area (Å²) in [4.78, 5) is 26.6. The molecule has 0 bridgehead atoms. The molecule has 0 aliphatic carbocycles. The molecule has 2 aromatic rings. The first-order valence-corrected chi connectivity index (χ1v) is 9.42. The van der Waals surface area contributed by atoms with Gasteiger partial charge in [-0.25, -0.2) is 4.39 Å². The molecule has 1 saturated heterocycles. The summed E-state index contributed by atoms with van der Waals surface area (Å²) >= 11 is 0. The quantitative estimate of drug-likeness (QED) is 0.753. The Morgan fingerprint density at radius 1 is 1.22 bits per heavy atom. The molecule has 0 N–H and O–H groups in total. The molecule has 0 radical (unpaired) electrons. The van der Waals surface area contributed by atoms with Gasteiger partial charge in [-0.15, -0.1) is 0 Å². The van der Waals surface area contributed by atoms with Crippen molar-refractivity contribution in [2.24, 2.45) is 0 Å². The van der Waals surface area contributed by atoms with E-state index in [0.717, 1.165) is 19.5 Å². The fraction of sp³-hybridized carbons (Fsp3) is 0.364. The molecule has 0 spiro atoms. The van der Waals surface area contributed by atoms with Crippen LogP contribution in [0.1, 0.15) is 51.5 Å². The molecule has 1 unspecified atom stereocenters. The molecule has 140 valence electrons. The number of benzene rings is 2. The number of likely N-dealkylation sites (tertiary alicyclic amines) is 1. The van der Waals surface area contributed by atoms with Crippen LogP contribution in [0.4, 0.5) is 4.39 Å². The Kier molecular flexibility index (Phi) is 5.03. The van der Waals surface area contributed by atoms with Gasteiger partial charge in [0.05, 0.1) is 12.2 Å². The van der Waals surface area contributed by atoms with Crippen LogP contribution in [0.15, 0.2) is 42.5 Å². The van der Waals surface area contributed by atoms with Crippen LogP contribution in [0, 0.1) is 5.82 Å². The van der Waals surface area contributed by atoms with Gasteiger partial charge in [-0.05, 0) is 36.6 Å². The van der Waals surface area contributed by atoms with Crippen molar-refractivity contribution < 1.29 is 18.7 Å². The molecule has 2 heterocycles. The first-order valence-electron chi connectivity index (χ1n) is 9.42. The number of hydrogen-bond donors (Lipinski definition) is 0. The molecule has 4 rings (SSSR count). The number of carbonyl (C=O) groups excluding carboxylic acids is 2. The Morgan fingerprint density at radius 3 is 2.85 bits per heavy atom. The maximum absolute atomic E-state index is 14.3. The van der Waals surface area contributed by atoms with E-state index in [1.807, 2.05) is 6.07 Å². The summed E-state index contributed by atoms with van der Waals surface area (Å²) in [5, 5.41) is 0. The molecule has 2 aliphatic heterocycles. The number of fused-ring (bicyclic) bond motifs is 1. The lowest BCUT2D eigenvalue weighted by atomic mass is 9.98. The lowest BCUT2D eigenvalue weighted by Gasteiger charge is -2.18. The van der Waals surface area contributed by atoms with Crippen LogP contribution in [0.25, 0.3) is 0 Å². The predicted molar refractivity (Wildman–Crippen MR) is 100 cm³/mol. The van der Waals surface area contributed by atoms with Crippen LogP contribution in [-0.4, -0.2) is 42.7 Å². The van der Waals surface area contributed by atoms with Crippen molar-refractivity contribution in [1.82, 2.24) is 4.90 Å². The highest BCUT2D eigenvalue weighted by Gasteiger charge is 2.26. The first-order chi connectivity index (χ1) is 13.1. The van der Waals surface area contributed by atoms with Crippen LogP contribution in [0.5, 0.6) is 5.75 Å². The SMILES string of the molecule is O=C(CCN1CCC(c2ccccc2)C1)c1cc(F)c2c(c1)OCCC2=O. The van der Waals surface area contributed by atoms with E-state index >= 15 is 0 Å². The van der Waals surface area contributed by atoms with Crippen molar-refractivity contribution >= 4 is 11.6 Å². The Labute approximate surface area is 157 Å². The fourth-order valence-electron chi connectivity index (χ4n) is 3.94. The summed E-state index contributed by atoms with van der Waals surface area (Å²) in [5.74, 6) is -0.356. The Morgan fingerprint density at radius 2 is 2.04 bits per heavy atom. The van der Waals surface area contributed by atoms with Gasteiger partial charge in [0, 0.05) is 31.5 Å². The summed E-state index contributed by atoms with van der Waals surface area (Å²) < 4.78 is 19.6. The molecule has 0 amide bonds. The van der Waals surface area contributed by atoms with Crippen molar-refractivity contribution in [3.8, 4) is 5.75 Å². The van der Waals surface area contributed by atoms with E-state index < -0.39 is 5.82 Å². The standard InChI is InChI=1S/C22H22FNO3/c23-18-12-17(13-21-22(18)20(26)8-11-27-21)19(25)7-10-24-9-6-16(14-24)15-4-2-1-3-5-15/h1-5,12-13,16H,6-11,14H2. The molecule has 27 heavy (non-hydrogen) atoms. The smallest absolute Gasteiger partial charge is 0.172 e. The van der Waals surface area contributed by atoms with Gasteiger partial charge in [-0.2, -0.15) is 0 Å². The summed E-state index contributed by atoms with van der Waals surface area (Å²) in [6, 6.07) is 13.1. The highest BCUT2D eigenvalue weighted by Crippen LogP contribution is 2.30. The monoisotopic (exact) mass is 367 g/mol. The minimum Gasteiger partial charge on any atom is -0.492 e. The first kappa shape index (κ1) is 17.9. The number of ether oxygens (including phenoxy) is 1. The van der Waals surface area contributed by atoms with Gasteiger partial charge < -0.3 is 9.64 Å². The number of hydrogen-bond acceptors (Lipinski definition) is 4.